The largest absolute Gasteiger partial charge is 0.327 e. The highest BCUT2D eigenvalue weighted by molar-refractivity contribution is 7.89. The van der Waals surface area contributed by atoms with Gasteiger partial charge in [0.25, 0.3) is 0 Å². The van der Waals surface area contributed by atoms with Crippen LogP contribution < -0.4 is 5.73 Å². The maximum absolute atomic E-state index is 12.6. The molecule has 112 valence electrons. The molecular weight excluding hydrogens is 272 g/mol. The summed E-state index contributed by atoms with van der Waals surface area (Å²) in [7, 11) is -3.40. The fourth-order valence-electron chi connectivity index (χ4n) is 2.47. The number of benzene rings is 1. The van der Waals surface area contributed by atoms with E-state index in [0.717, 1.165) is 18.4 Å². The first-order chi connectivity index (χ1) is 9.21. The molecule has 2 rings (SSSR count). The zero-order valence-corrected chi connectivity index (χ0v) is 13.3. The summed E-state index contributed by atoms with van der Waals surface area (Å²) < 4.78 is 26.6. The van der Waals surface area contributed by atoms with E-state index in [4.69, 9.17) is 5.73 Å². The van der Waals surface area contributed by atoms with Crippen LogP contribution in [0.3, 0.4) is 0 Å². The van der Waals surface area contributed by atoms with Gasteiger partial charge in [0.05, 0.1) is 4.90 Å². The van der Waals surface area contributed by atoms with Gasteiger partial charge in [-0.25, -0.2) is 8.42 Å². The van der Waals surface area contributed by atoms with Crippen LogP contribution in [0.25, 0.3) is 0 Å². The van der Waals surface area contributed by atoms with Crippen molar-refractivity contribution in [3.8, 4) is 0 Å². The standard InChI is InChI=1S/C15H24N2O2S/c1-15(2,3)12-6-8-14(9-7-12)20(18,19)17-10-4-5-13(16)11-17/h6-9,13H,4-5,10-11,16H2,1-3H3/t13-/m1/s1. The summed E-state index contributed by atoms with van der Waals surface area (Å²) in [6.45, 7) is 7.32. The second kappa shape index (κ2) is 5.47. The minimum atomic E-state index is -3.40. The summed E-state index contributed by atoms with van der Waals surface area (Å²) in [6, 6.07) is 7.16. The van der Waals surface area contributed by atoms with E-state index in [-0.39, 0.29) is 11.5 Å². The van der Waals surface area contributed by atoms with Crippen molar-refractivity contribution >= 4 is 10.0 Å². The molecule has 2 N–H and O–H groups in total. The highest BCUT2D eigenvalue weighted by atomic mass is 32.2. The molecule has 0 radical (unpaired) electrons. The Morgan fingerprint density at radius 3 is 2.30 bits per heavy atom. The molecule has 1 atom stereocenters. The predicted molar refractivity (Wildman–Crippen MR) is 81.1 cm³/mol. The molecule has 1 heterocycles. The van der Waals surface area contributed by atoms with Crippen molar-refractivity contribution in [3.63, 3.8) is 0 Å². The van der Waals surface area contributed by atoms with Crippen molar-refractivity contribution in [2.24, 2.45) is 5.73 Å². The van der Waals surface area contributed by atoms with Crippen LogP contribution in [0.5, 0.6) is 0 Å². The molecule has 4 nitrogen and oxygen atoms in total. The summed E-state index contributed by atoms with van der Waals surface area (Å²) in [4.78, 5) is 0.361. The summed E-state index contributed by atoms with van der Waals surface area (Å²) in [5, 5.41) is 0. The van der Waals surface area contributed by atoms with Gasteiger partial charge in [-0.3, -0.25) is 0 Å². The highest BCUT2D eigenvalue weighted by Gasteiger charge is 2.29. The fourth-order valence-corrected chi connectivity index (χ4v) is 4.00. The van der Waals surface area contributed by atoms with Gasteiger partial charge in [-0.15, -0.1) is 0 Å². The highest BCUT2D eigenvalue weighted by Crippen LogP contribution is 2.25. The second-order valence-corrected chi connectivity index (χ2v) is 8.48. The lowest BCUT2D eigenvalue weighted by Gasteiger charge is -2.30. The SMILES string of the molecule is CC(C)(C)c1ccc(S(=O)(=O)N2CCC[C@@H](N)C2)cc1. The first-order valence-electron chi connectivity index (χ1n) is 7.07. The zero-order valence-electron chi connectivity index (χ0n) is 12.5. The Bertz CT molecular complexity index is 559. The monoisotopic (exact) mass is 296 g/mol. The van der Waals surface area contributed by atoms with Crippen LogP contribution >= 0.6 is 0 Å². The van der Waals surface area contributed by atoms with Gasteiger partial charge in [-0.1, -0.05) is 32.9 Å². The molecule has 1 aromatic carbocycles. The average molecular weight is 296 g/mol. The van der Waals surface area contributed by atoms with E-state index in [2.05, 4.69) is 20.8 Å². The topological polar surface area (TPSA) is 63.4 Å². The van der Waals surface area contributed by atoms with Gasteiger partial charge in [0.2, 0.25) is 10.0 Å². The molecule has 0 aliphatic carbocycles. The van der Waals surface area contributed by atoms with E-state index >= 15 is 0 Å². The minimum absolute atomic E-state index is 0.0236. The van der Waals surface area contributed by atoms with Crippen LogP contribution in [0.4, 0.5) is 0 Å². The van der Waals surface area contributed by atoms with Crippen LogP contribution in [0.1, 0.15) is 39.2 Å². The molecular formula is C15H24N2O2S. The molecule has 20 heavy (non-hydrogen) atoms. The lowest BCUT2D eigenvalue weighted by Crippen LogP contribution is -2.45. The zero-order chi connectivity index (χ0) is 15.0. The normalized spacial score (nSPS) is 21.9. The van der Waals surface area contributed by atoms with Gasteiger partial charge in [0, 0.05) is 19.1 Å². The molecule has 0 aromatic heterocycles. The third kappa shape index (κ3) is 3.22. The maximum atomic E-state index is 12.6. The van der Waals surface area contributed by atoms with E-state index in [9.17, 15) is 8.42 Å². The molecule has 1 fully saturated rings. The average Bonchev–Trinajstić information content (AvgIpc) is 2.38. The third-order valence-electron chi connectivity index (χ3n) is 3.78. The number of nitrogens with zero attached hydrogens (tertiary/aromatic N) is 1. The molecule has 0 amide bonds. The van der Waals surface area contributed by atoms with Crippen molar-refractivity contribution in [1.29, 1.82) is 0 Å². The van der Waals surface area contributed by atoms with Crippen LogP contribution in [0, 0.1) is 0 Å². The first-order valence-corrected chi connectivity index (χ1v) is 8.51. The number of piperidine rings is 1. The lowest BCUT2D eigenvalue weighted by atomic mass is 9.87. The number of hydrogen-bond acceptors (Lipinski definition) is 3. The van der Waals surface area contributed by atoms with Crippen molar-refractivity contribution in [1.82, 2.24) is 4.31 Å². The molecule has 0 saturated carbocycles. The van der Waals surface area contributed by atoms with Gasteiger partial charge >= 0.3 is 0 Å². The molecule has 0 spiro atoms. The maximum Gasteiger partial charge on any atom is 0.243 e. The number of hydrogen-bond donors (Lipinski definition) is 1. The first kappa shape index (κ1) is 15.5. The quantitative estimate of drug-likeness (QED) is 0.909. The van der Waals surface area contributed by atoms with Crippen LogP contribution in [-0.2, 0) is 15.4 Å². The van der Waals surface area contributed by atoms with Crippen molar-refractivity contribution < 1.29 is 8.42 Å². The Kier molecular flexibility index (Phi) is 4.23. The van der Waals surface area contributed by atoms with E-state index in [1.165, 1.54) is 4.31 Å². The summed E-state index contributed by atoms with van der Waals surface area (Å²) >= 11 is 0. The minimum Gasteiger partial charge on any atom is -0.327 e. The molecule has 1 aliphatic rings. The van der Waals surface area contributed by atoms with Gasteiger partial charge < -0.3 is 5.73 Å². The van der Waals surface area contributed by atoms with Crippen molar-refractivity contribution in [2.75, 3.05) is 13.1 Å². The summed E-state index contributed by atoms with van der Waals surface area (Å²) in [6.07, 6.45) is 1.73. The molecule has 0 unspecified atom stereocenters. The molecule has 0 bridgehead atoms. The Morgan fingerprint density at radius 2 is 1.80 bits per heavy atom. The molecule has 1 saturated heterocycles. The predicted octanol–water partition coefficient (Wildman–Crippen LogP) is 2.10. The number of sulfonamides is 1. The lowest BCUT2D eigenvalue weighted by molar-refractivity contribution is 0.316. The third-order valence-corrected chi connectivity index (χ3v) is 5.66. The summed E-state index contributed by atoms with van der Waals surface area (Å²) in [5.74, 6) is 0. The van der Waals surface area contributed by atoms with E-state index in [1.54, 1.807) is 12.1 Å². The van der Waals surface area contributed by atoms with Crippen LogP contribution in [-0.4, -0.2) is 31.9 Å². The van der Waals surface area contributed by atoms with E-state index < -0.39 is 10.0 Å². The molecule has 1 aliphatic heterocycles. The Hall–Kier alpha value is -0.910. The van der Waals surface area contributed by atoms with Gasteiger partial charge in [0.15, 0.2) is 0 Å². The fraction of sp³-hybridized carbons (Fsp3) is 0.600. The molecule has 5 heteroatoms. The number of nitrogens with two attached hydrogens (primary N) is 1. The smallest absolute Gasteiger partial charge is 0.243 e. The Balaban J connectivity index is 2.26. The van der Waals surface area contributed by atoms with E-state index in [0.29, 0.717) is 18.0 Å². The van der Waals surface area contributed by atoms with E-state index in [1.807, 2.05) is 12.1 Å². The van der Waals surface area contributed by atoms with Crippen molar-refractivity contribution in [2.45, 2.75) is 50.0 Å². The van der Waals surface area contributed by atoms with Crippen molar-refractivity contribution in [3.05, 3.63) is 29.8 Å². The van der Waals surface area contributed by atoms with Gasteiger partial charge in [0.1, 0.15) is 0 Å². The van der Waals surface area contributed by atoms with Crippen LogP contribution in [0.15, 0.2) is 29.2 Å². The second-order valence-electron chi connectivity index (χ2n) is 6.54. The molecule has 1 aromatic rings. The van der Waals surface area contributed by atoms with Crippen LogP contribution in [0.2, 0.25) is 0 Å². The Morgan fingerprint density at radius 1 is 1.20 bits per heavy atom. The number of rotatable bonds is 2. The Labute approximate surface area is 122 Å². The van der Waals surface area contributed by atoms with Gasteiger partial charge in [-0.2, -0.15) is 4.31 Å². The van der Waals surface area contributed by atoms with Gasteiger partial charge in [-0.05, 0) is 36.0 Å². The summed E-state index contributed by atoms with van der Waals surface area (Å²) in [5.41, 5.74) is 7.03.